The molecule has 1 aliphatic heterocycles. The van der Waals surface area contributed by atoms with Gasteiger partial charge in [0.1, 0.15) is 11.6 Å². The van der Waals surface area contributed by atoms with Gasteiger partial charge in [-0.3, -0.25) is 9.69 Å². The first-order valence-electron chi connectivity index (χ1n) is 8.67. The van der Waals surface area contributed by atoms with Crippen LogP contribution in [0.3, 0.4) is 0 Å². The van der Waals surface area contributed by atoms with Crippen molar-refractivity contribution in [3.63, 3.8) is 0 Å². The highest BCUT2D eigenvalue weighted by atomic mass is 19.1. The highest BCUT2D eigenvalue weighted by Crippen LogP contribution is 2.41. The topological polar surface area (TPSA) is 71.0 Å². The normalized spacial score (nSPS) is 25.1. The zero-order chi connectivity index (χ0) is 17.8. The molecule has 1 saturated heterocycles. The van der Waals surface area contributed by atoms with E-state index in [4.69, 9.17) is 9.47 Å². The first-order chi connectivity index (χ1) is 12.1. The molecule has 2 fully saturated rings. The van der Waals surface area contributed by atoms with Crippen molar-refractivity contribution in [2.24, 2.45) is 5.92 Å². The number of rotatable bonds is 6. The molecular weight excluding hydrogens is 327 g/mol. The molecule has 0 aromatic heterocycles. The number of carbonyl (C=O) groups is 1. The van der Waals surface area contributed by atoms with Crippen LogP contribution in [0.2, 0.25) is 0 Å². The number of amides is 1. The number of benzene rings is 1. The van der Waals surface area contributed by atoms with Crippen LogP contribution in [-0.2, 0) is 9.53 Å². The first kappa shape index (κ1) is 18.1. The fourth-order valence-electron chi connectivity index (χ4n) is 3.48. The summed E-state index contributed by atoms with van der Waals surface area (Å²) in [6.07, 6.45) is 0.813. The lowest BCUT2D eigenvalue weighted by molar-refractivity contribution is -0.125. The number of morpholine rings is 1. The van der Waals surface area contributed by atoms with Crippen LogP contribution < -0.4 is 10.1 Å². The summed E-state index contributed by atoms with van der Waals surface area (Å²) in [5, 5.41) is 12.7. The third-order valence-electron chi connectivity index (χ3n) is 4.94. The third-order valence-corrected chi connectivity index (χ3v) is 4.94. The van der Waals surface area contributed by atoms with E-state index in [2.05, 4.69) is 5.32 Å². The molecule has 138 valence electrons. The Kier molecular flexibility index (Phi) is 5.88. The van der Waals surface area contributed by atoms with E-state index in [1.165, 1.54) is 19.2 Å². The van der Waals surface area contributed by atoms with Crippen molar-refractivity contribution < 1.29 is 23.8 Å². The lowest BCUT2D eigenvalue weighted by atomic mass is 9.75. The monoisotopic (exact) mass is 352 g/mol. The number of aliphatic hydroxyl groups excluding tert-OH is 1. The Bertz CT molecular complexity index is 601. The summed E-state index contributed by atoms with van der Waals surface area (Å²) in [7, 11) is 1.53. The Balaban J connectivity index is 1.73. The van der Waals surface area contributed by atoms with E-state index in [0.717, 1.165) is 13.1 Å². The standard InChI is InChI=1S/C18H25FN2O4/c1-24-16-3-2-13(19)10-15(16)18(12-8-14(22)9-12)20-17(23)11-21-4-6-25-7-5-21/h2-3,10,12,14,18,22H,4-9,11H2,1H3,(H,20,23)/t12?,14?,18-/m1/s1. The maximum atomic E-state index is 13.8. The van der Waals surface area contributed by atoms with Crippen molar-refractivity contribution in [3.8, 4) is 5.75 Å². The van der Waals surface area contributed by atoms with E-state index in [-0.39, 0.29) is 36.3 Å². The second-order valence-corrected chi connectivity index (χ2v) is 6.71. The van der Waals surface area contributed by atoms with Crippen LogP contribution in [-0.4, -0.2) is 62.0 Å². The average molecular weight is 352 g/mol. The third kappa shape index (κ3) is 4.48. The zero-order valence-electron chi connectivity index (χ0n) is 14.4. The number of nitrogens with one attached hydrogen (secondary N) is 1. The first-order valence-corrected chi connectivity index (χ1v) is 8.67. The Morgan fingerprint density at radius 3 is 2.80 bits per heavy atom. The van der Waals surface area contributed by atoms with E-state index in [1.54, 1.807) is 6.07 Å². The number of halogens is 1. The predicted molar refractivity (Wildman–Crippen MR) is 89.8 cm³/mol. The van der Waals surface area contributed by atoms with Crippen molar-refractivity contribution in [1.82, 2.24) is 10.2 Å². The maximum Gasteiger partial charge on any atom is 0.234 e. The number of nitrogens with zero attached hydrogens (tertiary/aromatic N) is 1. The van der Waals surface area contributed by atoms with Gasteiger partial charge in [0.25, 0.3) is 0 Å². The molecule has 0 bridgehead atoms. The molecular formula is C18H25FN2O4. The summed E-state index contributed by atoms with van der Waals surface area (Å²) >= 11 is 0. The maximum absolute atomic E-state index is 13.8. The molecule has 0 radical (unpaired) electrons. The van der Waals surface area contributed by atoms with Gasteiger partial charge in [0.15, 0.2) is 0 Å². The van der Waals surface area contributed by atoms with Crippen molar-refractivity contribution in [2.75, 3.05) is 40.0 Å². The van der Waals surface area contributed by atoms with Gasteiger partial charge in [-0.1, -0.05) is 0 Å². The van der Waals surface area contributed by atoms with Crippen molar-refractivity contribution in [1.29, 1.82) is 0 Å². The van der Waals surface area contributed by atoms with Gasteiger partial charge in [0.2, 0.25) is 5.91 Å². The average Bonchev–Trinajstić information content (AvgIpc) is 2.58. The van der Waals surface area contributed by atoms with E-state index >= 15 is 0 Å². The van der Waals surface area contributed by atoms with Gasteiger partial charge in [-0.05, 0) is 37.0 Å². The summed E-state index contributed by atoms with van der Waals surface area (Å²) in [6, 6.07) is 3.94. The summed E-state index contributed by atoms with van der Waals surface area (Å²) in [6.45, 7) is 2.99. The SMILES string of the molecule is COc1ccc(F)cc1[C@H](NC(=O)CN1CCOCC1)C1CC(O)C1. The van der Waals surface area contributed by atoms with Crippen LogP contribution in [0.5, 0.6) is 5.75 Å². The highest BCUT2D eigenvalue weighted by molar-refractivity contribution is 5.78. The fourth-order valence-corrected chi connectivity index (χ4v) is 3.48. The second-order valence-electron chi connectivity index (χ2n) is 6.71. The number of carbonyl (C=O) groups excluding carboxylic acids is 1. The van der Waals surface area contributed by atoms with E-state index in [9.17, 15) is 14.3 Å². The fraction of sp³-hybridized carbons (Fsp3) is 0.611. The molecule has 0 unspecified atom stereocenters. The van der Waals surface area contributed by atoms with Crippen LogP contribution in [0, 0.1) is 11.7 Å². The van der Waals surface area contributed by atoms with Gasteiger partial charge in [0.05, 0.1) is 39.0 Å². The molecule has 7 heteroatoms. The minimum absolute atomic E-state index is 0.0688. The highest BCUT2D eigenvalue weighted by Gasteiger charge is 2.37. The van der Waals surface area contributed by atoms with E-state index < -0.39 is 0 Å². The number of hydrogen-bond donors (Lipinski definition) is 2. The van der Waals surface area contributed by atoms with Crippen LogP contribution in [0.25, 0.3) is 0 Å². The largest absolute Gasteiger partial charge is 0.496 e. The molecule has 2 aliphatic rings. The molecule has 0 spiro atoms. The van der Waals surface area contributed by atoms with Crippen LogP contribution in [0.1, 0.15) is 24.4 Å². The van der Waals surface area contributed by atoms with Crippen molar-refractivity contribution in [3.05, 3.63) is 29.6 Å². The summed E-state index contributed by atoms with van der Waals surface area (Å²) in [5.74, 6) is 0.126. The number of methoxy groups -OCH3 is 1. The summed E-state index contributed by atoms with van der Waals surface area (Å²) in [5.41, 5.74) is 0.620. The molecule has 1 heterocycles. The molecule has 1 saturated carbocycles. The molecule has 1 aliphatic carbocycles. The Hall–Kier alpha value is -1.70. The van der Waals surface area contributed by atoms with E-state index in [1.807, 2.05) is 4.90 Å². The van der Waals surface area contributed by atoms with Crippen LogP contribution >= 0.6 is 0 Å². The lowest BCUT2D eigenvalue weighted by Crippen LogP contribution is -2.47. The Morgan fingerprint density at radius 2 is 2.16 bits per heavy atom. The van der Waals surface area contributed by atoms with Gasteiger partial charge in [-0.15, -0.1) is 0 Å². The minimum Gasteiger partial charge on any atom is -0.496 e. The van der Waals surface area contributed by atoms with Gasteiger partial charge in [-0.25, -0.2) is 4.39 Å². The number of ether oxygens (including phenoxy) is 2. The predicted octanol–water partition coefficient (Wildman–Crippen LogP) is 1.09. The molecule has 3 rings (SSSR count). The zero-order valence-corrected chi connectivity index (χ0v) is 14.4. The second kappa shape index (κ2) is 8.12. The molecule has 6 nitrogen and oxygen atoms in total. The van der Waals surface area contributed by atoms with Gasteiger partial charge < -0.3 is 19.9 Å². The smallest absolute Gasteiger partial charge is 0.234 e. The van der Waals surface area contributed by atoms with Crippen molar-refractivity contribution >= 4 is 5.91 Å². The molecule has 25 heavy (non-hydrogen) atoms. The summed E-state index contributed by atoms with van der Waals surface area (Å²) in [4.78, 5) is 14.6. The molecule has 1 aromatic carbocycles. The lowest BCUT2D eigenvalue weighted by Gasteiger charge is -2.39. The number of aliphatic hydroxyl groups is 1. The van der Waals surface area contributed by atoms with Gasteiger partial charge in [-0.2, -0.15) is 0 Å². The minimum atomic E-state index is -0.373. The van der Waals surface area contributed by atoms with Crippen LogP contribution in [0.4, 0.5) is 4.39 Å². The van der Waals surface area contributed by atoms with Gasteiger partial charge >= 0.3 is 0 Å². The molecule has 1 amide bonds. The van der Waals surface area contributed by atoms with Crippen molar-refractivity contribution in [2.45, 2.75) is 25.0 Å². The molecule has 1 aromatic rings. The molecule has 1 atom stereocenters. The quantitative estimate of drug-likeness (QED) is 0.802. The van der Waals surface area contributed by atoms with Gasteiger partial charge in [0, 0.05) is 18.7 Å². The molecule has 2 N–H and O–H groups in total. The Morgan fingerprint density at radius 1 is 1.44 bits per heavy atom. The van der Waals surface area contributed by atoms with E-state index in [0.29, 0.717) is 37.4 Å². The summed E-state index contributed by atoms with van der Waals surface area (Å²) < 4.78 is 24.4. The van der Waals surface area contributed by atoms with Crippen LogP contribution in [0.15, 0.2) is 18.2 Å². The number of hydrogen-bond acceptors (Lipinski definition) is 5. The Labute approximate surface area is 146 Å².